The highest BCUT2D eigenvalue weighted by molar-refractivity contribution is 8.01. The predicted molar refractivity (Wildman–Crippen MR) is 65.4 cm³/mol. The van der Waals surface area contributed by atoms with E-state index < -0.39 is 17.1 Å². The molecule has 96 valence electrons. The number of nitrogens with zero attached hydrogens (tertiary/aromatic N) is 1. The van der Waals surface area contributed by atoms with E-state index in [9.17, 15) is 20.3 Å². The molecule has 1 rings (SSSR count). The Balaban J connectivity index is 2.85. The van der Waals surface area contributed by atoms with Crippen LogP contribution in [0.2, 0.25) is 0 Å². The molecule has 0 aliphatic carbocycles. The van der Waals surface area contributed by atoms with Crippen LogP contribution in [0.4, 0.5) is 5.69 Å². The molecule has 2 atom stereocenters. The number of nitro groups is 1. The van der Waals surface area contributed by atoms with Crippen molar-refractivity contribution in [2.75, 3.05) is 12.4 Å². The van der Waals surface area contributed by atoms with Crippen LogP contribution in [-0.2, 0) is 0 Å². The number of aliphatic hydroxyl groups is 3. The summed E-state index contributed by atoms with van der Waals surface area (Å²) in [6, 6.07) is 1.34. The largest absolute Gasteiger partial charge is 0.394 e. The minimum absolute atomic E-state index is 0.0685. The minimum atomic E-state index is -0.906. The fourth-order valence-corrected chi connectivity index (χ4v) is 3.30. The van der Waals surface area contributed by atoms with Crippen LogP contribution in [0.15, 0.2) is 10.3 Å². The molecule has 1 aromatic rings. The van der Waals surface area contributed by atoms with Crippen molar-refractivity contribution in [2.24, 2.45) is 0 Å². The molecule has 0 aliphatic rings. The zero-order valence-corrected chi connectivity index (χ0v) is 10.7. The first kappa shape index (κ1) is 14.4. The molecule has 0 saturated carbocycles. The van der Waals surface area contributed by atoms with Crippen LogP contribution < -0.4 is 0 Å². The van der Waals surface area contributed by atoms with Gasteiger partial charge in [-0.25, -0.2) is 0 Å². The van der Waals surface area contributed by atoms with Gasteiger partial charge >= 0.3 is 0 Å². The summed E-state index contributed by atoms with van der Waals surface area (Å²) < 4.78 is 0.429. The second-order valence-corrected chi connectivity index (χ2v) is 5.77. The first-order valence-electron chi connectivity index (χ1n) is 4.83. The number of thiophene rings is 1. The van der Waals surface area contributed by atoms with Crippen LogP contribution in [0, 0.1) is 10.1 Å². The highest BCUT2D eigenvalue weighted by Crippen LogP contribution is 2.39. The number of hydrogen-bond donors (Lipinski definition) is 3. The van der Waals surface area contributed by atoms with E-state index in [-0.39, 0.29) is 18.0 Å². The highest BCUT2D eigenvalue weighted by atomic mass is 32.2. The van der Waals surface area contributed by atoms with Gasteiger partial charge in [-0.2, -0.15) is 0 Å². The van der Waals surface area contributed by atoms with Crippen molar-refractivity contribution < 1.29 is 20.2 Å². The summed E-state index contributed by atoms with van der Waals surface area (Å²) in [6.07, 6.45) is -1.66. The summed E-state index contributed by atoms with van der Waals surface area (Å²) in [4.78, 5) is 10.8. The summed E-state index contributed by atoms with van der Waals surface area (Å²) >= 11 is 2.23. The Morgan fingerprint density at radius 3 is 2.71 bits per heavy atom. The third-order valence-electron chi connectivity index (χ3n) is 1.92. The Morgan fingerprint density at radius 2 is 2.24 bits per heavy atom. The van der Waals surface area contributed by atoms with Gasteiger partial charge in [0, 0.05) is 16.7 Å². The fourth-order valence-electron chi connectivity index (χ4n) is 1.04. The Bertz CT molecular complexity index is 393. The van der Waals surface area contributed by atoms with Crippen LogP contribution in [0.3, 0.4) is 0 Å². The first-order chi connectivity index (χ1) is 7.95. The first-order valence-corrected chi connectivity index (χ1v) is 6.63. The smallest absolute Gasteiger partial charge is 0.294 e. The Hall–Kier alpha value is -0.670. The molecule has 3 N–H and O–H groups in total. The summed E-state index contributed by atoms with van der Waals surface area (Å²) in [5.41, 5.74) is -0.0685. The van der Waals surface area contributed by atoms with E-state index in [2.05, 4.69) is 0 Å². The summed E-state index contributed by atoms with van der Waals surface area (Å²) in [5.74, 6) is 0.178. The standard InChI is InChI=1S/C9H13NO5S2/c1-5(12)8-2-7(10(14)15)9(17-8)16-4-6(13)3-11/h2,5-6,11-13H,3-4H2,1H3/t5-,6?/m0/s1. The third-order valence-corrected chi connectivity index (χ3v) is 4.64. The van der Waals surface area contributed by atoms with Crippen molar-refractivity contribution in [3.63, 3.8) is 0 Å². The maximum Gasteiger partial charge on any atom is 0.294 e. The lowest BCUT2D eigenvalue weighted by Crippen LogP contribution is -2.14. The molecule has 1 heterocycles. The molecule has 0 aliphatic heterocycles. The van der Waals surface area contributed by atoms with E-state index in [1.165, 1.54) is 13.0 Å². The fraction of sp³-hybridized carbons (Fsp3) is 0.556. The normalized spacial score (nSPS) is 14.6. The lowest BCUT2D eigenvalue weighted by atomic mass is 10.3. The lowest BCUT2D eigenvalue weighted by Gasteiger charge is -2.04. The molecule has 0 aromatic carbocycles. The third kappa shape index (κ3) is 3.93. The summed E-state index contributed by atoms with van der Waals surface area (Å²) in [6.45, 7) is 1.15. The van der Waals surface area contributed by atoms with Crippen molar-refractivity contribution in [2.45, 2.75) is 23.3 Å². The molecule has 0 amide bonds. The monoisotopic (exact) mass is 279 g/mol. The van der Waals surface area contributed by atoms with Gasteiger partial charge in [0.25, 0.3) is 5.69 Å². The van der Waals surface area contributed by atoms with Gasteiger partial charge in [-0.15, -0.1) is 23.1 Å². The summed E-state index contributed by atoms with van der Waals surface area (Å²) in [5, 5.41) is 38.0. The number of hydrogen-bond acceptors (Lipinski definition) is 7. The minimum Gasteiger partial charge on any atom is -0.394 e. The quantitative estimate of drug-likeness (QED) is 0.410. The molecular formula is C9H13NO5S2. The zero-order valence-electron chi connectivity index (χ0n) is 9.07. The van der Waals surface area contributed by atoms with Gasteiger partial charge in [0.05, 0.1) is 23.7 Å². The van der Waals surface area contributed by atoms with Crippen LogP contribution in [0.1, 0.15) is 17.9 Å². The second kappa shape index (κ2) is 6.31. The van der Waals surface area contributed by atoms with Crippen molar-refractivity contribution in [1.29, 1.82) is 0 Å². The van der Waals surface area contributed by atoms with E-state index >= 15 is 0 Å². The second-order valence-electron chi connectivity index (χ2n) is 3.40. The van der Waals surface area contributed by atoms with E-state index in [4.69, 9.17) is 5.11 Å². The van der Waals surface area contributed by atoms with Crippen LogP contribution in [-0.4, -0.2) is 38.7 Å². The SMILES string of the molecule is C[C@H](O)c1cc([N+](=O)[O-])c(SCC(O)CO)s1. The van der Waals surface area contributed by atoms with Crippen molar-refractivity contribution in [3.8, 4) is 0 Å². The maximum atomic E-state index is 10.8. The van der Waals surface area contributed by atoms with Crippen molar-refractivity contribution in [3.05, 3.63) is 21.1 Å². The van der Waals surface area contributed by atoms with Gasteiger partial charge < -0.3 is 15.3 Å². The topological polar surface area (TPSA) is 104 Å². The molecule has 1 aromatic heterocycles. The maximum absolute atomic E-state index is 10.8. The summed E-state index contributed by atoms with van der Waals surface area (Å²) in [7, 11) is 0. The molecule has 0 radical (unpaired) electrons. The van der Waals surface area contributed by atoms with Gasteiger partial charge in [-0.3, -0.25) is 10.1 Å². The average molecular weight is 279 g/mol. The number of rotatable bonds is 6. The molecule has 0 saturated heterocycles. The van der Waals surface area contributed by atoms with Gasteiger partial charge in [0.2, 0.25) is 0 Å². The lowest BCUT2D eigenvalue weighted by molar-refractivity contribution is -0.387. The molecule has 6 nitrogen and oxygen atoms in total. The van der Waals surface area contributed by atoms with Crippen molar-refractivity contribution >= 4 is 28.8 Å². The van der Waals surface area contributed by atoms with Crippen molar-refractivity contribution in [1.82, 2.24) is 0 Å². The van der Waals surface area contributed by atoms with E-state index in [0.29, 0.717) is 9.09 Å². The van der Waals surface area contributed by atoms with Crippen LogP contribution in [0.25, 0.3) is 0 Å². The molecular weight excluding hydrogens is 266 g/mol. The molecule has 8 heteroatoms. The molecule has 0 spiro atoms. The average Bonchev–Trinajstić information content (AvgIpc) is 2.70. The predicted octanol–water partition coefficient (Wildman–Crippen LogP) is 1.15. The van der Waals surface area contributed by atoms with E-state index in [0.717, 1.165) is 23.1 Å². The molecule has 0 fully saturated rings. The van der Waals surface area contributed by atoms with Crippen LogP contribution >= 0.6 is 23.1 Å². The van der Waals surface area contributed by atoms with Gasteiger partial charge in [-0.1, -0.05) is 0 Å². The van der Waals surface area contributed by atoms with E-state index in [1.54, 1.807) is 0 Å². The Morgan fingerprint density at radius 1 is 1.59 bits per heavy atom. The Labute approximate surface area is 106 Å². The van der Waals surface area contributed by atoms with Crippen LogP contribution in [0.5, 0.6) is 0 Å². The number of thioether (sulfide) groups is 1. The van der Waals surface area contributed by atoms with Gasteiger partial charge in [0.15, 0.2) is 0 Å². The zero-order chi connectivity index (χ0) is 13.0. The van der Waals surface area contributed by atoms with Gasteiger partial charge in [-0.05, 0) is 6.92 Å². The highest BCUT2D eigenvalue weighted by Gasteiger charge is 2.21. The molecule has 17 heavy (non-hydrogen) atoms. The van der Waals surface area contributed by atoms with E-state index in [1.807, 2.05) is 0 Å². The Kier molecular flexibility index (Phi) is 5.34. The molecule has 0 bridgehead atoms. The van der Waals surface area contributed by atoms with Gasteiger partial charge in [0.1, 0.15) is 4.21 Å². The number of aliphatic hydroxyl groups excluding tert-OH is 3. The molecule has 1 unspecified atom stereocenters.